The van der Waals surface area contributed by atoms with E-state index >= 15 is 0 Å². The summed E-state index contributed by atoms with van der Waals surface area (Å²) in [4.78, 5) is 46.1. The normalized spacial score (nSPS) is 16.5. The SMILES string of the molecule is CCCCNC(=O)N(C)[C@@H](Cc1cn(C(=O)[C@@H](N)Cc2ccccc2)cn1)C(=O)N[C@@H](CC1CCCCC1)[C@@H](O)CCC(C)C. The van der Waals surface area contributed by atoms with Crippen LogP contribution in [0.5, 0.6) is 0 Å². The number of amides is 3. The summed E-state index contributed by atoms with van der Waals surface area (Å²) in [5.41, 5.74) is 7.70. The molecule has 1 aromatic carbocycles. The number of benzene rings is 1. The molecule has 45 heavy (non-hydrogen) atoms. The van der Waals surface area contributed by atoms with Gasteiger partial charge in [-0.15, -0.1) is 0 Å². The van der Waals surface area contributed by atoms with Gasteiger partial charge in [0.2, 0.25) is 11.8 Å². The Morgan fingerprint density at radius 1 is 1.09 bits per heavy atom. The molecule has 2 aromatic rings. The fraction of sp³-hybridized carbons (Fsp3) is 0.657. The highest BCUT2D eigenvalue weighted by Crippen LogP contribution is 2.29. The molecule has 0 bridgehead atoms. The molecule has 1 aliphatic rings. The Bertz CT molecular complexity index is 1180. The molecule has 1 aromatic heterocycles. The van der Waals surface area contributed by atoms with Gasteiger partial charge in [0.1, 0.15) is 12.4 Å². The van der Waals surface area contributed by atoms with Crippen molar-refractivity contribution in [3.05, 3.63) is 54.1 Å². The van der Waals surface area contributed by atoms with Gasteiger partial charge in [-0.1, -0.05) is 89.6 Å². The Morgan fingerprint density at radius 3 is 2.47 bits per heavy atom. The van der Waals surface area contributed by atoms with Crippen molar-refractivity contribution in [3.8, 4) is 0 Å². The van der Waals surface area contributed by atoms with E-state index in [0.717, 1.165) is 37.7 Å². The molecule has 1 fully saturated rings. The molecule has 1 saturated carbocycles. The first-order valence-corrected chi connectivity index (χ1v) is 16.9. The molecule has 10 heteroatoms. The number of aromatic nitrogens is 2. The molecule has 0 spiro atoms. The zero-order valence-electron chi connectivity index (χ0n) is 27.8. The molecule has 1 heterocycles. The first-order chi connectivity index (χ1) is 21.6. The van der Waals surface area contributed by atoms with E-state index < -0.39 is 24.2 Å². The summed E-state index contributed by atoms with van der Waals surface area (Å²) in [7, 11) is 1.61. The fourth-order valence-corrected chi connectivity index (χ4v) is 6.06. The number of nitrogens with one attached hydrogen (secondary N) is 2. The molecule has 0 saturated heterocycles. The van der Waals surface area contributed by atoms with Gasteiger partial charge >= 0.3 is 6.03 Å². The van der Waals surface area contributed by atoms with Gasteiger partial charge in [0.15, 0.2) is 0 Å². The van der Waals surface area contributed by atoms with Crippen LogP contribution in [-0.4, -0.2) is 75.2 Å². The molecule has 3 amide bonds. The number of aliphatic hydroxyl groups excluding tert-OH is 1. The number of aliphatic hydroxyl groups is 1. The van der Waals surface area contributed by atoms with Gasteiger partial charge in [-0.2, -0.15) is 0 Å². The lowest BCUT2D eigenvalue weighted by Gasteiger charge is -2.33. The Hall–Kier alpha value is -3.24. The van der Waals surface area contributed by atoms with Crippen LogP contribution in [0, 0.1) is 11.8 Å². The number of hydrogen-bond acceptors (Lipinski definition) is 6. The van der Waals surface area contributed by atoms with Crippen molar-refractivity contribution in [2.45, 2.75) is 122 Å². The van der Waals surface area contributed by atoms with Crippen LogP contribution >= 0.6 is 0 Å². The van der Waals surface area contributed by atoms with Gasteiger partial charge in [-0.25, -0.2) is 9.78 Å². The molecule has 10 nitrogen and oxygen atoms in total. The summed E-state index contributed by atoms with van der Waals surface area (Å²) >= 11 is 0. The summed E-state index contributed by atoms with van der Waals surface area (Å²) in [5, 5.41) is 17.3. The second-order valence-corrected chi connectivity index (χ2v) is 13.2. The molecule has 0 unspecified atom stereocenters. The number of likely N-dealkylation sites (N-methyl/N-ethyl adjacent to an activating group) is 1. The second kappa shape index (κ2) is 18.7. The van der Waals surface area contributed by atoms with E-state index in [1.54, 1.807) is 13.2 Å². The largest absolute Gasteiger partial charge is 0.391 e. The average molecular weight is 625 g/mol. The minimum Gasteiger partial charge on any atom is -0.391 e. The molecular formula is C35H56N6O4. The highest BCUT2D eigenvalue weighted by molar-refractivity contribution is 5.87. The zero-order chi connectivity index (χ0) is 32.8. The lowest BCUT2D eigenvalue weighted by atomic mass is 9.83. The van der Waals surface area contributed by atoms with Gasteiger partial charge in [0.05, 0.1) is 23.9 Å². The second-order valence-electron chi connectivity index (χ2n) is 13.2. The van der Waals surface area contributed by atoms with Gasteiger partial charge in [-0.3, -0.25) is 14.2 Å². The van der Waals surface area contributed by atoms with E-state index in [4.69, 9.17) is 5.73 Å². The summed E-state index contributed by atoms with van der Waals surface area (Å²) in [6.45, 7) is 6.81. The number of carbonyl (C=O) groups is 3. The number of imidazole rings is 1. The molecule has 3 rings (SSSR count). The van der Waals surface area contributed by atoms with E-state index in [2.05, 4.69) is 29.5 Å². The third kappa shape index (κ3) is 11.9. The number of hydrogen-bond donors (Lipinski definition) is 4. The Morgan fingerprint density at radius 2 is 1.80 bits per heavy atom. The van der Waals surface area contributed by atoms with Crippen LogP contribution in [0.15, 0.2) is 42.9 Å². The van der Waals surface area contributed by atoms with Crippen molar-refractivity contribution in [2.75, 3.05) is 13.6 Å². The smallest absolute Gasteiger partial charge is 0.317 e. The maximum Gasteiger partial charge on any atom is 0.317 e. The van der Waals surface area contributed by atoms with Crippen molar-refractivity contribution in [2.24, 2.45) is 17.6 Å². The van der Waals surface area contributed by atoms with Crippen molar-refractivity contribution >= 4 is 17.8 Å². The Balaban J connectivity index is 1.78. The van der Waals surface area contributed by atoms with Crippen LogP contribution in [0.4, 0.5) is 4.79 Å². The highest BCUT2D eigenvalue weighted by atomic mass is 16.3. The van der Waals surface area contributed by atoms with Gasteiger partial charge in [0, 0.05) is 26.2 Å². The lowest BCUT2D eigenvalue weighted by Crippen LogP contribution is -2.56. The maximum atomic E-state index is 14.0. The van der Waals surface area contributed by atoms with E-state index in [9.17, 15) is 19.5 Å². The fourth-order valence-electron chi connectivity index (χ4n) is 6.06. The highest BCUT2D eigenvalue weighted by Gasteiger charge is 2.33. The molecule has 0 aliphatic heterocycles. The zero-order valence-corrected chi connectivity index (χ0v) is 27.8. The number of carbonyl (C=O) groups excluding carboxylic acids is 3. The topological polar surface area (TPSA) is 143 Å². The van der Waals surface area contributed by atoms with Crippen LogP contribution in [0.3, 0.4) is 0 Å². The molecule has 1 aliphatic carbocycles. The number of urea groups is 1. The predicted molar refractivity (Wildman–Crippen MR) is 178 cm³/mol. The summed E-state index contributed by atoms with van der Waals surface area (Å²) in [6, 6.07) is 7.17. The maximum absolute atomic E-state index is 14.0. The number of rotatable bonds is 17. The number of nitrogens with two attached hydrogens (primary N) is 1. The summed E-state index contributed by atoms with van der Waals surface area (Å²) < 4.78 is 1.36. The van der Waals surface area contributed by atoms with Crippen LogP contribution in [0.25, 0.3) is 0 Å². The number of nitrogens with zero attached hydrogens (tertiary/aromatic N) is 3. The van der Waals surface area contributed by atoms with E-state index in [0.29, 0.717) is 43.3 Å². The Kier molecular flexibility index (Phi) is 15.0. The van der Waals surface area contributed by atoms with E-state index in [1.807, 2.05) is 37.3 Å². The minimum absolute atomic E-state index is 0.107. The predicted octanol–water partition coefficient (Wildman–Crippen LogP) is 4.70. The van der Waals surface area contributed by atoms with Crippen molar-refractivity contribution in [3.63, 3.8) is 0 Å². The van der Waals surface area contributed by atoms with E-state index in [-0.39, 0.29) is 24.3 Å². The standard InChI is InChI=1S/C35H56N6O4/c1-5-6-19-37-35(45)40(4)31(22-28-23-41(24-38-28)34(44)29(36)20-26-13-9-7-10-14-26)33(43)39-30(32(42)18-17-25(2)3)21-27-15-11-8-12-16-27/h7,9-10,13-14,23-25,27,29-32,42H,5-6,8,11-12,15-22,36H2,1-4H3,(H,37,45)(H,39,43)/t29-,30-,31-,32-/m0/s1. The molecule has 0 radical (unpaired) electrons. The van der Waals surface area contributed by atoms with Crippen LogP contribution in [0.2, 0.25) is 0 Å². The average Bonchev–Trinajstić information content (AvgIpc) is 3.51. The lowest BCUT2D eigenvalue weighted by molar-refractivity contribution is -0.127. The Labute approximate surface area is 269 Å². The summed E-state index contributed by atoms with van der Waals surface area (Å²) in [5.74, 6) is 0.252. The van der Waals surface area contributed by atoms with Crippen molar-refractivity contribution in [1.82, 2.24) is 25.1 Å². The van der Waals surface area contributed by atoms with Gasteiger partial charge in [-0.05, 0) is 49.5 Å². The number of unbranched alkanes of at least 4 members (excludes halogenated alkanes) is 1. The van der Waals surface area contributed by atoms with Gasteiger partial charge < -0.3 is 26.4 Å². The van der Waals surface area contributed by atoms with Crippen LogP contribution in [-0.2, 0) is 17.6 Å². The quantitative estimate of drug-likeness (QED) is 0.188. The third-order valence-corrected chi connectivity index (χ3v) is 8.95. The summed E-state index contributed by atoms with van der Waals surface area (Å²) in [6.07, 6.45) is 12.6. The minimum atomic E-state index is -0.894. The molecular weight excluding hydrogens is 568 g/mol. The van der Waals surface area contributed by atoms with E-state index in [1.165, 1.54) is 35.1 Å². The first kappa shape index (κ1) is 36.2. The van der Waals surface area contributed by atoms with Crippen LogP contribution < -0.4 is 16.4 Å². The molecule has 250 valence electrons. The molecule has 5 N–H and O–H groups in total. The van der Waals surface area contributed by atoms with Crippen LogP contribution in [0.1, 0.15) is 101 Å². The molecule has 4 atom stereocenters. The third-order valence-electron chi connectivity index (χ3n) is 8.95. The van der Waals surface area contributed by atoms with Gasteiger partial charge in [0.25, 0.3) is 0 Å². The first-order valence-electron chi connectivity index (χ1n) is 16.9. The van der Waals surface area contributed by atoms with Crippen molar-refractivity contribution < 1.29 is 19.5 Å². The van der Waals surface area contributed by atoms with Crippen molar-refractivity contribution in [1.29, 1.82) is 0 Å². The monoisotopic (exact) mass is 624 g/mol.